The van der Waals surface area contributed by atoms with Crippen LogP contribution in [-0.2, 0) is 0 Å². The monoisotopic (exact) mass is 287 g/mol. The van der Waals surface area contributed by atoms with Gasteiger partial charge in [0, 0.05) is 36.4 Å². The highest BCUT2D eigenvalue weighted by Crippen LogP contribution is 2.30. The Kier molecular flexibility index (Phi) is 4.44. The van der Waals surface area contributed by atoms with Crippen molar-refractivity contribution in [2.75, 3.05) is 25.0 Å². The summed E-state index contributed by atoms with van der Waals surface area (Å²) in [6.07, 6.45) is 4.79. The topological polar surface area (TPSA) is 44.4 Å². The quantitative estimate of drug-likeness (QED) is 0.874. The first kappa shape index (κ1) is 14.4. The van der Waals surface area contributed by atoms with Crippen molar-refractivity contribution < 1.29 is 4.79 Å². The van der Waals surface area contributed by atoms with Crippen LogP contribution < -0.4 is 10.6 Å². The average Bonchev–Trinajstić information content (AvgIpc) is 3.10. The number of benzene rings is 1. The maximum absolute atomic E-state index is 12.0. The number of hydrogen-bond acceptors (Lipinski definition) is 3. The Hall–Kier alpha value is -1.55. The lowest BCUT2D eigenvalue weighted by atomic mass is 10.1. The third-order valence-electron chi connectivity index (χ3n) is 4.62. The number of hydrogen-bond donors (Lipinski definition) is 2. The molecule has 21 heavy (non-hydrogen) atoms. The third kappa shape index (κ3) is 3.21. The van der Waals surface area contributed by atoms with Gasteiger partial charge in [0.2, 0.25) is 0 Å². The summed E-state index contributed by atoms with van der Waals surface area (Å²) in [6.45, 7) is 5.25. The molecule has 2 heterocycles. The molecule has 0 radical (unpaired) electrons. The standard InChI is InChI=1S/C17H25N3O/c1-2-9-18-17(21)13-5-3-6-14(12-13)19-15-8-11-20-10-4-7-16(15)20/h3,5-6,12,15-16,19H,2,4,7-11H2,1H3,(H,18,21). The number of carbonyl (C=O) groups is 1. The largest absolute Gasteiger partial charge is 0.381 e. The average molecular weight is 287 g/mol. The van der Waals surface area contributed by atoms with Crippen LogP contribution in [0.15, 0.2) is 24.3 Å². The van der Waals surface area contributed by atoms with Crippen LogP contribution in [0.5, 0.6) is 0 Å². The molecule has 2 aliphatic rings. The first-order valence-corrected chi connectivity index (χ1v) is 8.17. The fraction of sp³-hybridized carbons (Fsp3) is 0.588. The molecule has 3 rings (SSSR count). The van der Waals surface area contributed by atoms with Crippen LogP contribution in [0.4, 0.5) is 5.69 Å². The van der Waals surface area contributed by atoms with Crippen molar-refractivity contribution in [3.63, 3.8) is 0 Å². The Bertz CT molecular complexity index is 503. The molecule has 2 unspecified atom stereocenters. The van der Waals surface area contributed by atoms with Crippen LogP contribution in [0.1, 0.15) is 43.0 Å². The summed E-state index contributed by atoms with van der Waals surface area (Å²) < 4.78 is 0. The number of fused-ring (bicyclic) bond motifs is 1. The van der Waals surface area contributed by atoms with Gasteiger partial charge in [-0.1, -0.05) is 13.0 Å². The van der Waals surface area contributed by atoms with Gasteiger partial charge < -0.3 is 10.6 Å². The fourth-order valence-electron chi connectivity index (χ4n) is 3.56. The first-order valence-electron chi connectivity index (χ1n) is 8.17. The minimum Gasteiger partial charge on any atom is -0.381 e. The number of carbonyl (C=O) groups excluding carboxylic acids is 1. The van der Waals surface area contributed by atoms with Crippen molar-refractivity contribution in [3.8, 4) is 0 Å². The van der Waals surface area contributed by atoms with Gasteiger partial charge in [0.25, 0.3) is 5.91 Å². The summed E-state index contributed by atoms with van der Waals surface area (Å²) in [5.41, 5.74) is 1.81. The maximum atomic E-state index is 12.0. The van der Waals surface area contributed by atoms with Crippen LogP contribution in [0.25, 0.3) is 0 Å². The number of nitrogens with zero attached hydrogens (tertiary/aromatic N) is 1. The fourth-order valence-corrected chi connectivity index (χ4v) is 3.56. The molecule has 114 valence electrons. The molecule has 4 heteroatoms. The number of nitrogens with one attached hydrogen (secondary N) is 2. The smallest absolute Gasteiger partial charge is 0.251 e. The Morgan fingerprint density at radius 1 is 1.33 bits per heavy atom. The van der Waals surface area contributed by atoms with Crippen molar-refractivity contribution in [3.05, 3.63) is 29.8 Å². The zero-order valence-corrected chi connectivity index (χ0v) is 12.8. The summed E-state index contributed by atoms with van der Waals surface area (Å²) in [5, 5.41) is 6.57. The second kappa shape index (κ2) is 6.48. The lowest BCUT2D eigenvalue weighted by Gasteiger charge is -2.22. The zero-order valence-electron chi connectivity index (χ0n) is 12.8. The van der Waals surface area contributed by atoms with E-state index in [0.717, 1.165) is 24.2 Å². The summed E-state index contributed by atoms with van der Waals surface area (Å²) in [7, 11) is 0. The molecule has 0 bridgehead atoms. The van der Waals surface area contributed by atoms with Crippen LogP contribution in [0.2, 0.25) is 0 Å². The number of amides is 1. The van der Waals surface area contributed by atoms with Gasteiger partial charge in [0.1, 0.15) is 0 Å². The van der Waals surface area contributed by atoms with Crippen molar-refractivity contribution in [2.24, 2.45) is 0 Å². The van der Waals surface area contributed by atoms with E-state index in [1.54, 1.807) is 0 Å². The van der Waals surface area contributed by atoms with E-state index in [0.29, 0.717) is 12.1 Å². The van der Waals surface area contributed by atoms with Crippen LogP contribution in [0.3, 0.4) is 0 Å². The molecule has 4 nitrogen and oxygen atoms in total. The Labute approximate surface area is 126 Å². The molecule has 2 N–H and O–H groups in total. The lowest BCUT2D eigenvalue weighted by molar-refractivity contribution is 0.0953. The summed E-state index contributed by atoms with van der Waals surface area (Å²) in [4.78, 5) is 14.6. The number of anilines is 1. The summed E-state index contributed by atoms with van der Waals surface area (Å²) >= 11 is 0. The second-order valence-corrected chi connectivity index (χ2v) is 6.12. The van der Waals surface area contributed by atoms with Gasteiger partial charge in [0.05, 0.1) is 0 Å². The molecule has 2 saturated heterocycles. The molecule has 1 aromatic rings. The van der Waals surface area contributed by atoms with Crippen molar-refractivity contribution in [2.45, 2.75) is 44.7 Å². The predicted octanol–water partition coefficient (Wildman–Crippen LogP) is 2.48. The molecule has 2 atom stereocenters. The van der Waals surface area contributed by atoms with E-state index < -0.39 is 0 Å². The van der Waals surface area contributed by atoms with Gasteiger partial charge in [-0.05, 0) is 50.4 Å². The van der Waals surface area contributed by atoms with Gasteiger partial charge in [-0.25, -0.2) is 0 Å². The molecule has 2 fully saturated rings. The van der Waals surface area contributed by atoms with Crippen molar-refractivity contribution >= 4 is 11.6 Å². The van der Waals surface area contributed by atoms with Gasteiger partial charge in [-0.3, -0.25) is 9.69 Å². The van der Waals surface area contributed by atoms with E-state index in [9.17, 15) is 4.79 Å². The molecule has 0 aromatic heterocycles. The highest BCUT2D eigenvalue weighted by atomic mass is 16.1. The van der Waals surface area contributed by atoms with Crippen LogP contribution in [0, 0.1) is 0 Å². The Balaban J connectivity index is 1.64. The van der Waals surface area contributed by atoms with Crippen LogP contribution >= 0.6 is 0 Å². The molecule has 0 spiro atoms. The highest BCUT2D eigenvalue weighted by molar-refractivity contribution is 5.95. The Morgan fingerprint density at radius 3 is 3.10 bits per heavy atom. The van der Waals surface area contributed by atoms with Gasteiger partial charge in [-0.15, -0.1) is 0 Å². The van der Waals surface area contributed by atoms with Crippen LogP contribution in [-0.4, -0.2) is 42.5 Å². The van der Waals surface area contributed by atoms with Gasteiger partial charge in [-0.2, -0.15) is 0 Å². The van der Waals surface area contributed by atoms with E-state index in [1.165, 1.54) is 32.4 Å². The normalized spacial score (nSPS) is 24.8. The van der Waals surface area contributed by atoms with E-state index in [1.807, 2.05) is 18.2 Å². The molecule has 2 aliphatic heterocycles. The maximum Gasteiger partial charge on any atom is 0.251 e. The van der Waals surface area contributed by atoms with Crippen molar-refractivity contribution in [1.29, 1.82) is 0 Å². The molecule has 1 aromatic carbocycles. The molecular weight excluding hydrogens is 262 g/mol. The molecule has 1 amide bonds. The van der Waals surface area contributed by atoms with E-state index >= 15 is 0 Å². The minimum absolute atomic E-state index is 0.0226. The number of rotatable bonds is 5. The first-order chi connectivity index (χ1) is 10.3. The summed E-state index contributed by atoms with van der Waals surface area (Å²) in [6, 6.07) is 9.10. The summed E-state index contributed by atoms with van der Waals surface area (Å²) in [5.74, 6) is 0.0226. The van der Waals surface area contributed by atoms with Gasteiger partial charge >= 0.3 is 0 Å². The molecule has 0 aliphatic carbocycles. The zero-order chi connectivity index (χ0) is 14.7. The van der Waals surface area contributed by atoms with E-state index in [2.05, 4.69) is 28.5 Å². The minimum atomic E-state index is 0.0226. The molecular formula is C17H25N3O. The SMILES string of the molecule is CCCNC(=O)c1cccc(NC2CCN3CCCC23)c1. The van der Waals surface area contributed by atoms with Crippen molar-refractivity contribution in [1.82, 2.24) is 10.2 Å². The predicted molar refractivity (Wildman–Crippen MR) is 85.7 cm³/mol. The van der Waals surface area contributed by atoms with E-state index in [4.69, 9.17) is 0 Å². The third-order valence-corrected chi connectivity index (χ3v) is 4.62. The second-order valence-electron chi connectivity index (χ2n) is 6.12. The lowest BCUT2D eigenvalue weighted by Crippen LogP contribution is -2.33. The van der Waals surface area contributed by atoms with E-state index in [-0.39, 0.29) is 5.91 Å². The molecule has 0 saturated carbocycles. The van der Waals surface area contributed by atoms with Gasteiger partial charge in [0.15, 0.2) is 0 Å². The Morgan fingerprint density at radius 2 is 2.24 bits per heavy atom. The highest BCUT2D eigenvalue weighted by Gasteiger charge is 2.36.